The van der Waals surface area contributed by atoms with Crippen LogP contribution in [0.15, 0.2) is 47.6 Å². The quantitative estimate of drug-likeness (QED) is 0.469. The van der Waals surface area contributed by atoms with Crippen LogP contribution < -0.4 is 14.2 Å². The topological polar surface area (TPSA) is 65.7 Å². The molecule has 136 valence electrons. The summed E-state index contributed by atoms with van der Waals surface area (Å²) in [5.74, 6) is 1.82. The number of aromatic nitrogens is 1. The highest BCUT2D eigenvalue weighted by molar-refractivity contribution is 7.99. The van der Waals surface area contributed by atoms with E-state index in [2.05, 4.69) is 0 Å². The van der Waals surface area contributed by atoms with E-state index in [0.29, 0.717) is 18.2 Å². The van der Waals surface area contributed by atoms with E-state index in [4.69, 9.17) is 9.47 Å². The summed E-state index contributed by atoms with van der Waals surface area (Å²) >= 11 is 1.28. The third-order valence-electron chi connectivity index (χ3n) is 4.66. The molecular formula is C19H20N2O4S. The largest absolute Gasteiger partial charge is 0.618 e. The zero-order valence-electron chi connectivity index (χ0n) is 14.3. The van der Waals surface area contributed by atoms with Crippen LogP contribution in [0, 0.1) is 5.21 Å². The fourth-order valence-electron chi connectivity index (χ4n) is 3.42. The van der Waals surface area contributed by atoms with Crippen molar-refractivity contribution in [3.63, 3.8) is 0 Å². The maximum Gasteiger partial charge on any atom is 0.251 e. The van der Waals surface area contributed by atoms with Crippen LogP contribution in [0.4, 0.5) is 0 Å². The molecule has 1 aromatic carbocycles. The molecule has 0 radical (unpaired) electrons. The van der Waals surface area contributed by atoms with Crippen molar-refractivity contribution in [3.05, 3.63) is 53.4 Å². The highest BCUT2D eigenvalue weighted by atomic mass is 32.2. The summed E-state index contributed by atoms with van der Waals surface area (Å²) < 4.78 is 12.0. The van der Waals surface area contributed by atoms with Crippen LogP contribution >= 0.6 is 11.8 Å². The first kappa shape index (κ1) is 17.0. The molecule has 1 saturated heterocycles. The van der Waals surface area contributed by atoms with Gasteiger partial charge in [-0.3, -0.25) is 4.79 Å². The molecule has 0 saturated carbocycles. The lowest BCUT2D eigenvalue weighted by Gasteiger charge is -2.26. The number of rotatable bonds is 4. The van der Waals surface area contributed by atoms with Crippen molar-refractivity contribution >= 4 is 17.7 Å². The van der Waals surface area contributed by atoms with Crippen LogP contribution in [0.3, 0.4) is 0 Å². The highest BCUT2D eigenvalue weighted by Gasteiger charge is 2.31. The standard InChI is InChI=1S/C19H20N2O4S/c22-18(13-26-19-5-1-2-9-21(19)23)20-8-3-4-15(20)14-6-7-16-17(12-14)25-11-10-24-16/h1-2,5-7,9,12,15H,3-4,8,10-11,13H2. The molecule has 1 amide bonds. The summed E-state index contributed by atoms with van der Waals surface area (Å²) in [5, 5.41) is 12.3. The third-order valence-corrected chi connectivity index (χ3v) is 5.66. The Kier molecular flexibility index (Phi) is 4.88. The first-order valence-electron chi connectivity index (χ1n) is 8.72. The summed E-state index contributed by atoms with van der Waals surface area (Å²) in [6, 6.07) is 11.2. The molecule has 1 atom stereocenters. The van der Waals surface area contributed by atoms with E-state index in [9.17, 15) is 10.0 Å². The molecule has 4 rings (SSSR count). The second kappa shape index (κ2) is 7.45. The SMILES string of the molecule is O=C(CSc1cccc[n+]1[O-])N1CCCC1c1ccc2c(c1)OCCO2. The van der Waals surface area contributed by atoms with E-state index in [1.165, 1.54) is 18.0 Å². The Morgan fingerprint density at radius 2 is 2.08 bits per heavy atom. The van der Waals surface area contributed by atoms with Gasteiger partial charge in [-0.1, -0.05) is 6.07 Å². The minimum atomic E-state index is 0.0501. The van der Waals surface area contributed by atoms with E-state index in [1.54, 1.807) is 18.2 Å². The van der Waals surface area contributed by atoms with Gasteiger partial charge in [0.15, 0.2) is 17.7 Å². The minimum absolute atomic E-state index is 0.0501. The van der Waals surface area contributed by atoms with E-state index in [-0.39, 0.29) is 17.7 Å². The number of hydrogen-bond acceptors (Lipinski definition) is 5. The molecule has 26 heavy (non-hydrogen) atoms. The molecule has 0 N–H and O–H groups in total. The number of fused-ring (bicyclic) bond motifs is 1. The fourth-order valence-corrected chi connectivity index (χ4v) is 4.22. The number of amides is 1. The summed E-state index contributed by atoms with van der Waals surface area (Å²) in [7, 11) is 0. The molecule has 6 nitrogen and oxygen atoms in total. The van der Waals surface area contributed by atoms with Gasteiger partial charge in [0.05, 0.1) is 11.8 Å². The zero-order valence-corrected chi connectivity index (χ0v) is 15.1. The Morgan fingerprint density at radius 1 is 1.23 bits per heavy atom. The van der Waals surface area contributed by atoms with Gasteiger partial charge in [-0.05, 0) is 48.4 Å². The molecule has 2 aliphatic rings. The third kappa shape index (κ3) is 3.44. The molecule has 7 heteroatoms. The van der Waals surface area contributed by atoms with Gasteiger partial charge in [0.25, 0.3) is 5.03 Å². The summed E-state index contributed by atoms with van der Waals surface area (Å²) in [5.41, 5.74) is 1.07. The Hall–Kier alpha value is -2.41. The minimum Gasteiger partial charge on any atom is -0.618 e. The molecule has 0 spiro atoms. The smallest absolute Gasteiger partial charge is 0.251 e. The van der Waals surface area contributed by atoms with Gasteiger partial charge in [-0.25, -0.2) is 0 Å². The van der Waals surface area contributed by atoms with E-state index >= 15 is 0 Å². The first-order valence-corrected chi connectivity index (χ1v) is 9.71. The van der Waals surface area contributed by atoms with Crippen molar-refractivity contribution in [1.82, 2.24) is 4.90 Å². The lowest BCUT2D eigenvalue weighted by atomic mass is 10.0. The summed E-state index contributed by atoms with van der Waals surface area (Å²) in [4.78, 5) is 14.7. The summed E-state index contributed by atoms with van der Waals surface area (Å²) in [6.45, 7) is 1.86. The maximum absolute atomic E-state index is 12.7. The number of carbonyl (C=O) groups excluding carboxylic acids is 1. The lowest BCUT2D eigenvalue weighted by molar-refractivity contribution is -0.645. The second-order valence-electron chi connectivity index (χ2n) is 6.30. The molecule has 1 fully saturated rings. The predicted octanol–water partition coefficient (Wildman–Crippen LogP) is 2.55. The van der Waals surface area contributed by atoms with Crippen molar-refractivity contribution in [2.75, 3.05) is 25.5 Å². The van der Waals surface area contributed by atoms with Gasteiger partial charge in [-0.15, -0.1) is 0 Å². The molecule has 1 unspecified atom stereocenters. The maximum atomic E-state index is 12.7. The number of hydrogen-bond donors (Lipinski definition) is 0. The molecule has 0 bridgehead atoms. The predicted molar refractivity (Wildman–Crippen MR) is 97.2 cm³/mol. The fraction of sp³-hybridized carbons (Fsp3) is 0.368. The lowest BCUT2D eigenvalue weighted by Crippen LogP contribution is -2.33. The molecule has 2 aliphatic heterocycles. The van der Waals surface area contributed by atoms with Crippen molar-refractivity contribution in [1.29, 1.82) is 0 Å². The molecule has 0 aliphatic carbocycles. The number of ether oxygens (including phenoxy) is 2. The van der Waals surface area contributed by atoms with Crippen LogP contribution in [-0.2, 0) is 4.79 Å². The number of benzene rings is 1. The van der Waals surface area contributed by atoms with E-state index in [0.717, 1.165) is 41.2 Å². The van der Waals surface area contributed by atoms with Gasteiger partial charge in [-0.2, -0.15) is 4.73 Å². The Morgan fingerprint density at radius 3 is 2.92 bits per heavy atom. The van der Waals surface area contributed by atoms with Gasteiger partial charge < -0.3 is 19.6 Å². The van der Waals surface area contributed by atoms with E-state index < -0.39 is 0 Å². The molecular weight excluding hydrogens is 352 g/mol. The van der Waals surface area contributed by atoms with Crippen molar-refractivity contribution < 1.29 is 19.0 Å². The normalized spacial score (nSPS) is 18.8. The summed E-state index contributed by atoms with van der Waals surface area (Å²) in [6.07, 6.45) is 3.35. The molecule has 1 aromatic heterocycles. The number of nitrogens with zero attached hydrogens (tertiary/aromatic N) is 2. The van der Waals surface area contributed by atoms with Crippen LogP contribution in [-0.4, -0.2) is 36.3 Å². The zero-order chi connectivity index (χ0) is 17.9. The Labute approximate surface area is 156 Å². The number of likely N-dealkylation sites (tertiary alicyclic amines) is 1. The second-order valence-corrected chi connectivity index (χ2v) is 7.30. The van der Waals surface area contributed by atoms with Gasteiger partial charge >= 0.3 is 0 Å². The van der Waals surface area contributed by atoms with Crippen molar-refractivity contribution in [2.45, 2.75) is 23.9 Å². The monoisotopic (exact) mass is 372 g/mol. The molecule has 2 aromatic rings. The van der Waals surface area contributed by atoms with Gasteiger partial charge in [0.2, 0.25) is 5.91 Å². The van der Waals surface area contributed by atoms with Crippen molar-refractivity contribution in [3.8, 4) is 11.5 Å². The van der Waals surface area contributed by atoms with Crippen LogP contribution in [0.1, 0.15) is 24.4 Å². The number of carbonyl (C=O) groups is 1. The number of thioether (sulfide) groups is 1. The molecule has 3 heterocycles. The first-order chi connectivity index (χ1) is 12.7. The van der Waals surface area contributed by atoms with Crippen LogP contribution in [0.25, 0.3) is 0 Å². The number of pyridine rings is 1. The Bertz CT molecular complexity index is 814. The Balaban J connectivity index is 1.46. The highest BCUT2D eigenvalue weighted by Crippen LogP contribution is 2.38. The van der Waals surface area contributed by atoms with Crippen molar-refractivity contribution in [2.24, 2.45) is 0 Å². The average molecular weight is 372 g/mol. The van der Waals surface area contributed by atoms with Gasteiger partial charge in [0, 0.05) is 18.7 Å². The van der Waals surface area contributed by atoms with Crippen LogP contribution in [0.5, 0.6) is 11.5 Å². The van der Waals surface area contributed by atoms with E-state index in [1.807, 2.05) is 23.1 Å². The van der Waals surface area contributed by atoms with Crippen LogP contribution in [0.2, 0.25) is 0 Å². The average Bonchev–Trinajstić information content (AvgIpc) is 3.17. The van der Waals surface area contributed by atoms with Gasteiger partial charge in [0.1, 0.15) is 13.2 Å².